The number of carboxylic acid groups (broad SMARTS) is 1. The van der Waals surface area contributed by atoms with E-state index in [0.717, 1.165) is 29.4 Å². The highest BCUT2D eigenvalue weighted by Crippen LogP contribution is 2.45. The Balaban J connectivity index is 1.44. The van der Waals surface area contributed by atoms with Crippen molar-refractivity contribution in [3.63, 3.8) is 0 Å². The van der Waals surface area contributed by atoms with Gasteiger partial charge in [0.1, 0.15) is 35.1 Å². The Morgan fingerprint density at radius 1 is 1.22 bits per heavy atom. The summed E-state index contributed by atoms with van der Waals surface area (Å²) in [6.07, 6.45) is 5.95. The van der Waals surface area contributed by atoms with Crippen LogP contribution in [0.4, 0.5) is 4.79 Å². The van der Waals surface area contributed by atoms with E-state index in [1.807, 2.05) is 30.4 Å². The van der Waals surface area contributed by atoms with Crippen molar-refractivity contribution in [1.82, 2.24) is 20.5 Å². The van der Waals surface area contributed by atoms with E-state index in [0.29, 0.717) is 11.6 Å². The van der Waals surface area contributed by atoms with Crippen molar-refractivity contribution in [2.45, 2.75) is 75.8 Å². The Morgan fingerprint density at radius 2 is 2.02 bits per heavy atom. The molecule has 0 spiro atoms. The molecule has 5 atom stereocenters. The number of thioether (sulfide) groups is 1. The molecule has 13 heteroatoms. The number of nitrogens with one attached hydrogen (secondary N) is 2. The standard InChI is InChI=1S/C32H40N4O8S/c1-31(2,3)44-30(41)34-24-18-45-13-7-5-6-8-20-16-32(20,29(39)40)35-26(37)25-15-22(17-36(25)28(24)38)43-27-23-10-9-21(42-4)14-19(23)11-12-33-27/h6,8-12,14,20,22,24-25H,5,7,13,15-18H2,1-4H3,(H,34,41)(H,35,37)(H,39,40)/b8-6-/t20-,22?,24+,25+,32-/m1/s1. The number of pyridine rings is 1. The molecule has 2 aromatic rings. The van der Waals surface area contributed by atoms with Gasteiger partial charge in [-0.2, -0.15) is 11.8 Å². The molecule has 242 valence electrons. The second-order valence-electron chi connectivity index (χ2n) is 12.6. The number of hydrogen-bond acceptors (Lipinski definition) is 9. The third kappa shape index (κ3) is 7.46. The number of fused-ring (bicyclic) bond motifs is 3. The van der Waals surface area contributed by atoms with Crippen LogP contribution in [-0.4, -0.2) is 93.4 Å². The van der Waals surface area contributed by atoms with Gasteiger partial charge in [-0.15, -0.1) is 0 Å². The van der Waals surface area contributed by atoms with E-state index in [9.17, 15) is 24.3 Å². The lowest BCUT2D eigenvalue weighted by molar-refractivity contribution is -0.145. The summed E-state index contributed by atoms with van der Waals surface area (Å²) < 4.78 is 17.1. The number of alkyl carbamates (subject to hydrolysis) is 1. The zero-order valence-electron chi connectivity index (χ0n) is 25.9. The molecule has 3 aliphatic rings. The lowest BCUT2D eigenvalue weighted by atomic mass is 10.1. The van der Waals surface area contributed by atoms with Crippen LogP contribution >= 0.6 is 11.8 Å². The predicted octanol–water partition coefficient (Wildman–Crippen LogP) is 3.53. The van der Waals surface area contributed by atoms with Gasteiger partial charge in [-0.05, 0) is 75.4 Å². The molecule has 12 nitrogen and oxygen atoms in total. The SMILES string of the molecule is COc1ccc2c(OC3C[C@H]4C(=O)N[C@]5(C(=O)O)C[C@H]5/C=C\CCCSC[C@H](NC(=O)OC(C)(C)C)C(=O)N4C3)nccc2c1. The maximum Gasteiger partial charge on any atom is 0.408 e. The summed E-state index contributed by atoms with van der Waals surface area (Å²) in [5.41, 5.74) is -2.20. The lowest BCUT2D eigenvalue weighted by Gasteiger charge is -2.30. The number of carboxylic acids is 1. The van der Waals surface area contributed by atoms with Gasteiger partial charge in [0, 0.05) is 29.7 Å². The van der Waals surface area contributed by atoms with Gasteiger partial charge >= 0.3 is 12.1 Å². The molecule has 1 aromatic heterocycles. The number of allylic oxidation sites excluding steroid dienone is 1. The molecule has 5 rings (SSSR count). The molecule has 2 aliphatic heterocycles. The van der Waals surface area contributed by atoms with E-state index in [-0.39, 0.29) is 31.1 Å². The molecular formula is C32H40N4O8S. The zero-order valence-corrected chi connectivity index (χ0v) is 26.7. The average molecular weight is 641 g/mol. The third-order valence-corrected chi connectivity index (χ3v) is 9.25. The van der Waals surface area contributed by atoms with Crippen molar-refractivity contribution < 1.29 is 38.5 Å². The van der Waals surface area contributed by atoms with Gasteiger partial charge in [-0.3, -0.25) is 9.59 Å². The van der Waals surface area contributed by atoms with E-state index in [2.05, 4.69) is 15.6 Å². The van der Waals surface area contributed by atoms with E-state index < -0.39 is 53.2 Å². The Morgan fingerprint density at radius 3 is 2.76 bits per heavy atom. The number of methoxy groups -OCH3 is 1. The molecular weight excluding hydrogens is 600 g/mol. The van der Waals surface area contributed by atoms with Crippen LogP contribution in [-0.2, 0) is 19.1 Å². The number of rotatable bonds is 5. The van der Waals surface area contributed by atoms with Crippen LogP contribution in [0.2, 0.25) is 0 Å². The summed E-state index contributed by atoms with van der Waals surface area (Å²) >= 11 is 1.52. The van der Waals surface area contributed by atoms with Gasteiger partial charge in [0.2, 0.25) is 17.7 Å². The minimum absolute atomic E-state index is 0.0334. The van der Waals surface area contributed by atoms with E-state index >= 15 is 0 Å². The predicted molar refractivity (Wildman–Crippen MR) is 168 cm³/mol. The molecule has 1 aromatic carbocycles. The van der Waals surface area contributed by atoms with Crippen molar-refractivity contribution in [3.05, 3.63) is 42.6 Å². The molecule has 1 unspecified atom stereocenters. The Hall–Kier alpha value is -4.00. The van der Waals surface area contributed by atoms with Gasteiger partial charge in [0.05, 0.1) is 13.7 Å². The second kappa shape index (κ2) is 13.2. The number of benzene rings is 1. The summed E-state index contributed by atoms with van der Waals surface area (Å²) in [4.78, 5) is 58.9. The molecule has 0 bridgehead atoms. The van der Waals surface area contributed by atoms with E-state index in [1.165, 1.54) is 16.7 Å². The van der Waals surface area contributed by atoms with E-state index in [4.69, 9.17) is 14.2 Å². The van der Waals surface area contributed by atoms with Crippen LogP contribution in [0.1, 0.15) is 46.5 Å². The van der Waals surface area contributed by atoms with Crippen LogP contribution in [0, 0.1) is 5.92 Å². The summed E-state index contributed by atoms with van der Waals surface area (Å²) in [5, 5.41) is 17.1. The molecule has 3 heterocycles. The quantitative estimate of drug-likeness (QED) is 0.413. The Labute approximate surface area is 266 Å². The summed E-state index contributed by atoms with van der Waals surface area (Å²) in [6, 6.07) is 5.30. The van der Waals surface area contributed by atoms with E-state index in [1.54, 1.807) is 40.1 Å². The molecule has 2 fully saturated rings. The normalized spacial score (nSPS) is 28.0. The maximum atomic E-state index is 14.1. The third-order valence-electron chi connectivity index (χ3n) is 8.11. The minimum atomic E-state index is -1.43. The molecule has 1 saturated heterocycles. The number of amides is 3. The molecule has 1 saturated carbocycles. The van der Waals surface area contributed by atoms with Gasteiger partial charge in [-0.1, -0.05) is 12.2 Å². The van der Waals surface area contributed by atoms with Crippen molar-refractivity contribution in [2.75, 3.05) is 25.2 Å². The van der Waals surface area contributed by atoms with Gasteiger partial charge in [0.15, 0.2) is 0 Å². The number of aromatic nitrogens is 1. The largest absolute Gasteiger partial charge is 0.497 e. The van der Waals surface area contributed by atoms with Crippen LogP contribution in [0.5, 0.6) is 11.6 Å². The van der Waals surface area contributed by atoms with Gasteiger partial charge < -0.3 is 34.9 Å². The van der Waals surface area contributed by atoms with Crippen LogP contribution in [0.3, 0.4) is 0 Å². The van der Waals surface area contributed by atoms with Crippen molar-refractivity contribution in [2.24, 2.45) is 5.92 Å². The monoisotopic (exact) mass is 640 g/mol. The highest BCUT2D eigenvalue weighted by molar-refractivity contribution is 7.99. The van der Waals surface area contributed by atoms with Crippen LogP contribution in [0.15, 0.2) is 42.6 Å². The van der Waals surface area contributed by atoms with Crippen molar-refractivity contribution in [1.29, 1.82) is 0 Å². The zero-order chi connectivity index (χ0) is 32.4. The van der Waals surface area contributed by atoms with Crippen LogP contribution in [0.25, 0.3) is 10.8 Å². The summed E-state index contributed by atoms with van der Waals surface area (Å²) in [6.45, 7) is 5.23. The van der Waals surface area contributed by atoms with Gasteiger partial charge in [0.25, 0.3) is 0 Å². The topological polar surface area (TPSA) is 156 Å². The average Bonchev–Trinajstić information content (AvgIpc) is 3.51. The highest BCUT2D eigenvalue weighted by atomic mass is 32.2. The number of ether oxygens (including phenoxy) is 3. The fourth-order valence-corrected chi connectivity index (χ4v) is 6.74. The van der Waals surface area contributed by atoms with Crippen molar-refractivity contribution in [3.8, 4) is 11.6 Å². The fourth-order valence-electron chi connectivity index (χ4n) is 5.74. The summed E-state index contributed by atoms with van der Waals surface area (Å²) in [5.74, 6) is -0.502. The Bertz CT molecular complexity index is 1490. The van der Waals surface area contributed by atoms with Crippen molar-refractivity contribution >= 4 is 46.4 Å². The molecule has 45 heavy (non-hydrogen) atoms. The number of carbonyl (C=O) groups is 4. The first-order valence-electron chi connectivity index (χ1n) is 15.1. The number of nitrogens with zero attached hydrogens (tertiary/aromatic N) is 2. The lowest BCUT2D eigenvalue weighted by Crippen LogP contribution is -2.57. The molecule has 3 N–H and O–H groups in total. The second-order valence-corrected chi connectivity index (χ2v) is 13.8. The molecule has 3 amide bonds. The van der Waals surface area contributed by atoms with Gasteiger partial charge in [-0.25, -0.2) is 14.6 Å². The molecule has 1 aliphatic carbocycles. The number of carbonyl (C=O) groups excluding carboxylic acids is 3. The summed E-state index contributed by atoms with van der Waals surface area (Å²) in [7, 11) is 1.58. The smallest absolute Gasteiger partial charge is 0.408 e. The number of hydrogen-bond donors (Lipinski definition) is 3. The first kappa shape index (κ1) is 32.4. The minimum Gasteiger partial charge on any atom is -0.497 e. The highest BCUT2D eigenvalue weighted by Gasteiger charge is 2.61. The number of aliphatic carboxylic acids is 1. The Kier molecular flexibility index (Phi) is 9.47. The first-order valence-corrected chi connectivity index (χ1v) is 16.2. The molecule has 0 radical (unpaired) electrons. The van der Waals surface area contributed by atoms with Crippen LogP contribution < -0.4 is 20.1 Å². The fraction of sp³-hybridized carbons (Fsp3) is 0.531. The first-order chi connectivity index (χ1) is 21.4. The maximum absolute atomic E-state index is 14.1.